The highest BCUT2D eigenvalue weighted by Crippen LogP contribution is 2.31. The van der Waals surface area contributed by atoms with Crippen molar-refractivity contribution in [2.24, 2.45) is 5.92 Å². The zero-order valence-corrected chi connectivity index (χ0v) is 10.8. The molecule has 0 saturated carbocycles. The Bertz CT molecular complexity index is 387. The molecule has 1 aromatic carbocycles. The molecule has 0 aromatic heterocycles. The first-order valence-electron chi connectivity index (χ1n) is 6.65. The summed E-state index contributed by atoms with van der Waals surface area (Å²) in [6, 6.07) is 3.30. The molecule has 0 saturated heterocycles. The third-order valence-corrected chi connectivity index (χ3v) is 3.76. The summed E-state index contributed by atoms with van der Waals surface area (Å²) >= 11 is 0. The molecule has 17 heavy (non-hydrogen) atoms. The van der Waals surface area contributed by atoms with Crippen molar-refractivity contribution in [2.45, 2.75) is 46.0 Å². The highest BCUT2D eigenvalue weighted by molar-refractivity contribution is 5.43. The molecule has 1 aliphatic rings. The zero-order valence-electron chi connectivity index (χ0n) is 10.8. The maximum absolute atomic E-state index is 13.8. The van der Waals surface area contributed by atoms with E-state index in [4.69, 9.17) is 4.74 Å². The van der Waals surface area contributed by atoms with Gasteiger partial charge in [-0.15, -0.1) is 0 Å². The topological polar surface area (TPSA) is 9.23 Å². The van der Waals surface area contributed by atoms with Crippen LogP contribution in [-0.4, -0.2) is 6.61 Å². The second-order valence-corrected chi connectivity index (χ2v) is 5.01. The molecular weight excluding hydrogens is 215 g/mol. The van der Waals surface area contributed by atoms with Crippen molar-refractivity contribution >= 4 is 0 Å². The number of hydrogen-bond donors (Lipinski definition) is 0. The molecule has 0 amide bonds. The van der Waals surface area contributed by atoms with Crippen molar-refractivity contribution in [1.82, 2.24) is 0 Å². The minimum absolute atomic E-state index is 0.0570. The molecular formula is C15H21FO. The molecule has 0 spiro atoms. The Kier molecular flexibility index (Phi) is 4.03. The number of rotatable bonds is 5. The Morgan fingerprint density at radius 2 is 2.24 bits per heavy atom. The lowest BCUT2D eigenvalue weighted by Gasteiger charge is -2.11. The molecule has 0 bridgehead atoms. The van der Waals surface area contributed by atoms with Crippen LogP contribution < -0.4 is 4.74 Å². The van der Waals surface area contributed by atoms with Crippen molar-refractivity contribution < 1.29 is 9.13 Å². The molecule has 94 valence electrons. The first kappa shape index (κ1) is 12.4. The van der Waals surface area contributed by atoms with E-state index in [2.05, 4.69) is 13.8 Å². The van der Waals surface area contributed by atoms with Gasteiger partial charge in [0.15, 0.2) is 0 Å². The van der Waals surface area contributed by atoms with Crippen LogP contribution in [0.25, 0.3) is 0 Å². The molecule has 1 unspecified atom stereocenters. The summed E-state index contributed by atoms with van der Waals surface area (Å²) in [6.45, 7) is 5.17. The fourth-order valence-electron chi connectivity index (χ4n) is 2.42. The van der Waals surface area contributed by atoms with E-state index in [1.54, 1.807) is 12.1 Å². The minimum Gasteiger partial charge on any atom is -0.493 e. The molecule has 1 atom stereocenters. The van der Waals surface area contributed by atoms with Gasteiger partial charge in [0.2, 0.25) is 0 Å². The number of benzene rings is 1. The Hall–Kier alpha value is -1.05. The van der Waals surface area contributed by atoms with Crippen LogP contribution in [0.4, 0.5) is 4.39 Å². The Labute approximate surface area is 103 Å². The van der Waals surface area contributed by atoms with Gasteiger partial charge in [-0.05, 0) is 36.5 Å². The van der Waals surface area contributed by atoms with Gasteiger partial charge in [0.1, 0.15) is 11.6 Å². The molecule has 0 N–H and O–H groups in total. The van der Waals surface area contributed by atoms with Gasteiger partial charge in [0.25, 0.3) is 0 Å². The lowest BCUT2D eigenvalue weighted by Crippen LogP contribution is -1.99. The highest BCUT2D eigenvalue weighted by Gasteiger charge is 2.19. The largest absolute Gasteiger partial charge is 0.493 e. The van der Waals surface area contributed by atoms with Gasteiger partial charge in [-0.1, -0.05) is 26.7 Å². The van der Waals surface area contributed by atoms with Gasteiger partial charge in [-0.2, -0.15) is 0 Å². The van der Waals surface area contributed by atoms with Crippen LogP contribution in [0.5, 0.6) is 5.75 Å². The smallest absolute Gasteiger partial charge is 0.126 e. The van der Waals surface area contributed by atoms with Crippen molar-refractivity contribution in [1.29, 1.82) is 0 Å². The zero-order chi connectivity index (χ0) is 12.3. The first-order chi connectivity index (χ1) is 8.22. The summed E-state index contributed by atoms with van der Waals surface area (Å²) < 4.78 is 19.3. The van der Waals surface area contributed by atoms with E-state index in [1.807, 2.05) is 0 Å². The average Bonchev–Trinajstić information content (AvgIpc) is 2.80. The van der Waals surface area contributed by atoms with Crippen molar-refractivity contribution in [2.75, 3.05) is 6.61 Å². The molecule has 0 aliphatic carbocycles. The Balaban J connectivity index is 2.03. The summed E-state index contributed by atoms with van der Waals surface area (Å²) in [5.74, 6) is 1.58. The maximum atomic E-state index is 13.8. The van der Waals surface area contributed by atoms with Crippen molar-refractivity contribution in [3.63, 3.8) is 0 Å². The van der Waals surface area contributed by atoms with E-state index in [9.17, 15) is 4.39 Å². The predicted molar refractivity (Wildman–Crippen MR) is 68.0 cm³/mol. The fourth-order valence-corrected chi connectivity index (χ4v) is 2.42. The van der Waals surface area contributed by atoms with Crippen LogP contribution >= 0.6 is 0 Å². The van der Waals surface area contributed by atoms with E-state index in [1.165, 1.54) is 12.8 Å². The second-order valence-electron chi connectivity index (χ2n) is 5.01. The van der Waals surface area contributed by atoms with Crippen LogP contribution in [0.2, 0.25) is 0 Å². The van der Waals surface area contributed by atoms with Crippen LogP contribution in [0, 0.1) is 11.7 Å². The summed E-state index contributed by atoms with van der Waals surface area (Å²) in [6.07, 6.45) is 5.18. The van der Waals surface area contributed by atoms with Crippen molar-refractivity contribution in [3.05, 3.63) is 29.1 Å². The van der Waals surface area contributed by atoms with Crippen LogP contribution in [0.15, 0.2) is 12.1 Å². The summed E-state index contributed by atoms with van der Waals surface area (Å²) in [4.78, 5) is 0. The molecule has 2 heteroatoms. The third-order valence-electron chi connectivity index (χ3n) is 3.76. The molecule has 0 fully saturated rings. The van der Waals surface area contributed by atoms with Gasteiger partial charge in [0, 0.05) is 12.0 Å². The average molecular weight is 236 g/mol. The third kappa shape index (κ3) is 2.80. The van der Waals surface area contributed by atoms with E-state index < -0.39 is 0 Å². The SMILES string of the molecule is CCC(C)CCCc1c(F)ccc2c1CCO2. The normalized spacial score (nSPS) is 15.5. The summed E-state index contributed by atoms with van der Waals surface area (Å²) in [5.41, 5.74) is 2.00. The molecule has 1 heterocycles. The van der Waals surface area contributed by atoms with Gasteiger partial charge < -0.3 is 4.74 Å². The Morgan fingerprint density at radius 3 is 3.00 bits per heavy atom. The first-order valence-corrected chi connectivity index (χ1v) is 6.65. The molecule has 1 aliphatic heterocycles. The monoisotopic (exact) mass is 236 g/mol. The number of halogens is 1. The van der Waals surface area contributed by atoms with Gasteiger partial charge >= 0.3 is 0 Å². The second kappa shape index (κ2) is 5.52. The van der Waals surface area contributed by atoms with E-state index in [-0.39, 0.29) is 5.82 Å². The number of fused-ring (bicyclic) bond motifs is 1. The fraction of sp³-hybridized carbons (Fsp3) is 0.600. The van der Waals surface area contributed by atoms with Gasteiger partial charge in [-0.25, -0.2) is 4.39 Å². The quantitative estimate of drug-likeness (QED) is 0.747. The maximum Gasteiger partial charge on any atom is 0.126 e. The number of hydrogen-bond acceptors (Lipinski definition) is 1. The molecule has 1 aromatic rings. The van der Waals surface area contributed by atoms with Crippen LogP contribution in [0.3, 0.4) is 0 Å². The molecule has 0 radical (unpaired) electrons. The molecule has 2 rings (SSSR count). The highest BCUT2D eigenvalue weighted by atomic mass is 19.1. The lowest BCUT2D eigenvalue weighted by molar-refractivity contribution is 0.356. The Morgan fingerprint density at radius 1 is 1.41 bits per heavy atom. The van der Waals surface area contributed by atoms with Crippen molar-refractivity contribution in [3.8, 4) is 5.75 Å². The molecule has 1 nitrogen and oxygen atoms in total. The van der Waals surface area contributed by atoms with Gasteiger partial charge in [-0.3, -0.25) is 0 Å². The van der Waals surface area contributed by atoms with Crippen LogP contribution in [0.1, 0.15) is 44.2 Å². The predicted octanol–water partition coefficient (Wildman–Crippen LogP) is 4.13. The lowest BCUT2D eigenvalue weighted by atomic mass is 9.95. The number of ether oxygens (including phenoxy) is 1. The minimum atomic E-state index is -0.0570. The van der Waals surface area contributed by atoms with Crippen LogP contribution in [-0.2, 0) is 12.8 Å². The standard InChI is InChI=1S/C15H21FO/c1-3-11(2)5-4-6-12-13-9-10-17-15(13)8-7-14(12)16/h7-8,11H,3-6,9-10H2,1-2H3. The van der Waals surface area contributed by atoms with Gasteiger partial charge in [0.05, 0.1) is 6.61 Å². The summed E-state index contributed by atoms with van der Waals surface area (Å²) in [7, 11) is 0. The van der Waals surface area contributed by atoms with E-state index >= 15 is 0 Å². The van der Waals surface area contributed by atoms with E-state index in [0.29, 0.717) is 6.61 Å². The summed E-state index contributed by atoms with van der Waals surface area (Å²) in [5, 5.41) is 0. The van der Waals surface area contributed by atoms with E-state index in [0.717, 1.165) is 42.1 Å².